The van der Waals surface area contributed by atoms with Gasteiger partial charge in [0, 0.05) is 9.76 Å². The van der Waals surface area contributed by atoms with Crippen molar-refractivity contribution in [3.05, 3.63) is 0 Å². The number of hydrogen-bond acceptors (Lipinski definition) is 2. The average molecular weight is 153 g/mol. The lowest BCUT2D eigenvalue weighted by atomic mass is 12.0. The molecule has 0 aliphatic carbocycles. The van der Waals surface area contributed by atoms with E-state index in [0.717, 1.165) is 0 Å². The fourth-order valence-corrected chi connectivity index (χ4v) is 3.49. The van der Waals surface area contributed by atoms with Crippen molar-refractivity contribution in [1.29, 1.82) is 0 Å². The van der Waals surface area contributed by atoms with E-state index < -0.39 is 0 Å². The first-order valence-corrected chi connectivity index (χ1v) is 10.4. The Morgan fingerprint density at radius 2 is 2.33 bits per heavy atom. The maximum atomic E-state index is 2.51. The van der Waals surface area contributed by atoms with Crippen LogP contribution < -0.4 is 0 Å². The third kappa shape index (κ3) is 3.16. The standard InChI is InChI=1S/CH11NSSi3/c1-3-2(4)6-5/h6H2,1,4-5H3. The molecule has 0 rings (SSSR count). The highest BCUT2D eigenvalue weighted by Crippen LogP contribution is 1.92. The SMILES string of the molecule is CSN([SiH3])[SiH2][SiH3]. The second-order valence-corrected chi connectivity index (χ2v) is 9.04. The van der Waals surface area contributed by atoms with Crippen LogP contribution in [0.5, 0.6) is 0 Å². The molecule has 0 aliphatic rings. The van der Waals surface area contributed by atoms with E-state index in [1.807, 2.05) is 11.9 Å². The lowest BCUT2D eigenvalue weighted by molar-refractivity contribution is 1.21. The fourth-order valence-electron chi connectivity index (χ4n) is 0.129. The van der Waals surface area contributed by atoms with Gasteiger partial charge in [-0.1, -0.05) is 11.9 Å². The minimum Gasteiger partial charge on any atom is -0.310 e. The van der Waals surface area contributed by atoms with Crippen LogP contribution in [0, 0.1) is 0 Å². The van der Waals surface area contributed by atoms with Gasteiger partial charge < -0.3 is 3.64 Å². The molecule has 0 atom stereocenters. The molecule has 0 amide bonds. The zero-order valence-electron chi connectivity index (χ0n) is 4.56. The van der Waals surface area contributed by atoms with Crippen LogP contribution in [0.4, 0.5) is 0 Å². The molecule has 0 aromatic carbocycles. The molecule has 0 unspecified atom stereocenters. The molecule has 0 heterocycles. The van der Waals surface area contributed by atoms with Crippen LogP contribution in [-0.2, 0) is 0 Å². The monoisotopic (exact) mass is 153 g/mol. The molecule has 0 N–H and O–H groups in total. The Hall–Kier alpha value is 0.961. The van der Waals surface area contributed by atoms with Crippen molar-refractivity contribution in [2.45, 2.75) is 0 Å². The number of rotatable bonds is 2. The first-order chi connectivity index (χ1) is 2.81. The van der Waals surface area contributed by atoms with Crippen molar-refractivity contribution in [3.63, 3.8) is 0 Å². The van der Waals surface area contributed by atoms with Gasteiger partial charge >= 0.3 is 0 Å². The highest BCUT2D eigenvalue weighted by molar-refractivity contribution is 7.98. The van der Waals surface area contributed by atoms with Gasteiger partial charge in [0.2, 0.25) is 0 Å². The third-order valence-corrected chi connectivity index (χ3v) is 14.8. The molecule has 0 radical (unpaired) electrons. The summed E-state index contributed by atoms with van der Waals surface area (Å²) in [6, 6.07) is 0. The Balaban J connectivity index is 2.75. The van der Waals surface area contributed by atoms with E-state index in [1.165, 1.54) is 20.2 Å². The molecule has 0 spiro atoms. The molecular weight excluding hydrogens is 142 g/mol. The van der Waals surface area contributed by atoms with E-state index in [-0.39, 0.29) is 0 Å². The topological polar surface area (TPSA) is 3.24 Å². The van der Waals surface area contributed by atoms with Crippen LogP contribution in [-0.4, -0.2) is 39.3 Å². The van der Waals surface area contributed by atoms with E-state index in [1.54, 1.807) is 0 Å². The molecule has 0 bridgehead atoms. The molecule has 0 aromatic rings. The van der Waals surface area contributed by atoms with Crippen LogP contribution in [0.1, 0.15) is 0 Å². The van der Waals surface area contributed by atoms with Crippen molar-refractivity contribution < 1.29 is 0 Å². The molecule has 0 fully saturated rings. The summed E-state index contributed by atoms with van der Waals surface area (Å²) in [5.74, 6) is 0. The summed E-state index contributed by atoms with van der Waals surface area (Å²) in [4.78, 5) is 0. The summed E-state index contributed by atoms with van der Waals surface area (Å²) in [5, 5.41) is 0. The van der Waals surface area contributed by atoms with Gasteiger partial charge in [-0.05, 0) is 6.26 Å². The second-order valence-electron chi connectivity index (χ2n) is 1.13. The van der Waals surface area contributed by atoms with E-state index in [0.29, 0.717) is 9.20 Å². The minimum absolute atomic E-state index is 0.335. The zero-order valence-corrected chi connectivity index (χ0v) is 10.8. The van der Waals surface area contributed by atoms with Crippen molar-refractivity contribution in [3.8, 4) is 0 Å². The Labute approximate surface area is 51.6 Å². The van der Waals surface area contributed by atoms with Crippen molar-refractivity contribution in [2.24, 2.45) is 0 Å². The summed E-state index contributed by atoms with van der Waals surface area (Å²) in [6.07, 6.45) is 2.16. The molecule has 0 aliphatic heterocycles. The highest BCUT2D eigenvalue weighted by atomic mass is 32.2. The third-order valence-electron chi connectivity index (χ3n) is 0.757. The summed E-state index contributed by atoms with van der Waals surface area (Å²) in [7, 11) is 3.08. The lowest BCUT2D eigenvalue weighted by Crippen LogP contribution is -2.15. The molecular formula is CH11NSSi3. The summed E-state index contributed by atoms with van der Waals surface area (Å²) in [5.41, 5.74) is 0. The predicted octanol–water partition coefficient (Wildman–Crippen LogP) is -2.79. The van der Waals surface area contributed by atoms with Gasteiger partial charge in [-0.15, -0.1) is 0 Å². The van der Waals surface area contributed by atoms with E-state index >= 15 is 0 Å². The van der Waals surface area contributed by atoms with Crippen molar-refractivity contribution in [2.75, 3.05) is 6.26 Å². The number of nitrogens with zero attached hydrogens (tertiary/aromatic N) is 1. The molecule has 0 saturated carbocycles. The molecule has 0 saturated heterocycles. The van der Waals surface area contributed by atoms with E-state index in [4.69, 9.17) is 0 Å². The first-order valence-electron chi connectivity index (χ1n) is 2.06. The Morgan fingerprint density at radius 3 is 2.33 bits per heavy atom. The molecule has 6 heavy (non-hydrogen) atoms. The first kappa shape index (κ1) is 6.96. The summed E-state index contributed by atoms with van der Waals surface area (Å²) >= 11 is 1.92. The van der Waals surface area contributed by atoms with Crippen LogP contribution in [0.3, 0.4) is 0 Å². The van der Waals surface area contributed by atoms with Crippen molar-refractivity contribution in [1.82, 2.24) is 3.64 Å². The normalized spacial score (nSPS) is 13.0. The molecule has 1 nitrogen and oxygen atoms in total. The van der Waals surface area contributed by atoms with Gasteiger partial charge in [-0.25, -0.2) is 0 Å². The van der Waals surface area contributed by atoms with Crippen molar-refractivity contribution >= 4 is 41.3 Å². The zero-order chi connectivity index (χ0) is 4.99. The van der Waals surface area contributed by atoms with Crippen LogP contribution in [0.25, 0.3) is 0 Å². The lowest BCUT2D eigenvalue weighted by Gasteiger charge is -2.06. The highest BCUT2D eigenvalue weighted by Gasteiger charge is 1.83. The van der Waals surface area contributed by atoms with Gasteiger partial charge in [-0.3, -0.25) is 0 Å². The van der Waals surface area contributed by atoms with E-state index in [2.05, 4.69) is 9.89 Å². The smallest absolute Gasteiger partial charge is 0.0819 e. The second kappa shape index (κ2) is 4.13. The van der Waals surface area contributed by atoms with Gasteiger partial charge in [0.1, 0.15) is 0 Å². The van der Waals surface area contributed by atoms with Crippen LogP contribution >= 0.6 is 11.9 Å². The Bertz CT molecular complexity index is 30.0. The molecule has 38 valence electrons. The minimum atomic E-state index is 0.335. The maximum absolute atomic E-state index is 2.51. The Morgan fingerprint density at radius 1 is 1.83 bits per heavy atom. The fraction of sp³-hybridized carbons (Fsp3) is 1.00. The molecule has 5 heteroatoms. The largest absolute Gasteiger partial charge is 0.310 e. The molecule has 0 aromatic heterocycles. The quantitative estimate of drug-likeness (QED) is 0.312. The number of hydrogen-bond donors (Lipinski definition) is 0. The predicted molar refractivity (Wildman–Crippen MR) is 43.8 cm³/mol. The summed E-state index contributed by atoms with van der Waals surface area (Å²) in [6.45, 7) is 0. The van der Waals surface area contributed by atoms with Gasteiger partial charge in [0.05, 0.1) is 19.6 Å². The Kier molecular flexibility index (Phi) is 4.79. The maximum Gasteiger partial charge on any atom is 0.0819 e. The van der Waals surface area contributed by atoms with Gasteiger partial charge in [0.25, 0.3) is 0 Å². The van der Waals surface area contributed by atoms with E-state index in [9.17, 15) is 0 Å². The van der Waals surface area contributed by atoms with Gasteiger partial charge in [0.15, 0.2) is 0 Å². The average Bonchev–Trinajstić information content (AvgIpc) is 1.65. The van der Waals surface area contributed by atoms with Gasteiger partial charge in [-0.2, -0.15) is 0 Å². The summed E-state index contributed by atoms with van der Waals surface area (Å²) < 4.78 is 2.51. The van der Waals surface area contributed by atoms with Crippen LogP contribution in [0.15, 0.2) is 0 Å². The van der Waals surface area contributed by atoms with Crippen LogP contribution in [0.2, 0.25) is 0 Å².